The molecule has 0 aliphatic heterocycles. The van der Waals surface area contributed by atoms with E-state index in [1.807, 2.05) is 31.2 Å². The molecule has 0 radical (unpaired) electrons. The Morgan fingerprint density at radius 1 is 1.10 bits per heavy atom. The van der Waals surface area contributed by atoms with E-state index in [4.69, 9.17) is 13.7 Å². The Balaban J connectivity index is 1.37. The second kappa shape index (κ2) is 10.1. The van der Waals surface area contributed by atoms with E-state index >= 15 is 0 Å². The summed E-state index contributed by atoms with van der Waals surface area (Å²) in [6, 6.07) is 10.6. The molecule has 0 unspecified atom stereocenters. The van der Waals surface area contributed by atoms with Gasteiger partial charge in [0.1, 0.15) is 5.75 Å². The summed E-state index contributed by atoms with van der Waals surface area (Å²) < 4.78 is 15.6. The highest BCUT2D eigenvalue weighted by Gasteiger charge is 2.11. The smallest absolute Gasteiger partial charge is 0.287 e. The molecule has 152 valence electrons. The van der Waals surface area contributed by atoms with E-state index in [1.165, 1.54) is 6.26 Å². The van der Waals surface area contributed by atoms with Gasteiger partial charge in [-0.2, -0.15) is 4.98 Å². The van der Waals surface area contributed by atoms with Crippen molar-refractivity contribution in [1.82, 2.24) is 20.8 Å². The summed E-state index contributed by atoms with van der Waals surface area (Å²) in [4.78, 5) is 27.9. The molecular weight excluding hydrogens is 376 g/mol. The summed E-state index contributed by atoms with van der Waals surface area (Å²) in [5, 5.41) is 9.32. The molecule has 0 aliphatic carbocycles. The molecule has 1 aromatic carbocycles. The molecule has 3 rings (SSSR count). The zero-order valence-corrected chi connectivity index (χ0v) is 16.0. The third-order valence-electron chi connectivity index (χ3n) is 3.94. The van der Waals surface area contributed by atoms with Gasteiger partial charge in [-0.1, -0.05) is 5.16 Å². The Bertz CT molecular complexity index is 919. The molecule has 9 heteroatoms. The number of furan rings is 1. The molecule has 0 saturated heterocycles. The topological polar surface area (TPSA) is 119 Å². The first-order chi connectivity index (χ1) is 14.2. The number of aromatic nitrogens is 2. The fourth-order valence-corrected chi connectivity index (χ4v) is 2.52. The van der Waals surface area contributed by atoms with Crippen LogP contribution in [0.25, 0.3) is 11.4 Å². The average molecular weight is 398 g/mol. The van der Waals surface area contributed by atoms with Gasteiger partial charge in [0.2, 0.25) is 17.6 Å². The summed E-state index contributed by atoms with van der Waals surface area (Å²) in [6.45, 7) is 3.14. The number of rotatable bonds is 10. The van der Waals surface area contributed by atoms with Crippen LogP contribution >= 0.6 is 0 Å². The molecule has 9 nitrogen and oxygen atoms in total. The molecule has 2 amide bonds. The van der Waals surface area contributed by atoms with Gasteiger partial charge in [-0.3, -0.25) is 9.59 Å². The number of benzene rings is 1. The van der Waals surface area contributed by atoms with Crippen LogP contribution in [0.5, 0.6) is 5.75 Å². The van der Waals surface area contributed by atoms with Gasteiger partial charge >= 0.3 is 0 Å². The molecule has 2 heterocycles. The highest BCUT2D eigenvalue weighted by Crippen LogP contribution is 2.20. The summed E-state index contributed by atoms with van der Waals surface area (Å²) in [6.07, 6.45) is 1.96. The van der Waals surface area contributed by atoms with Gasteiger partial charge in [-0.15, -0.1) is 0 Å². The maximum atomic E-state index is 11.9. The quantitative estimate of drug-likeness (QED) is 0.502. The van der Waals surface area contributed by atoms with Crippen molar-refractivity contribution in [2.24, 2.45) is 0 Å². The van der Waals surface area contributed by atoms with Crippen LogP contribution in [0.2, 0.25) is 0 Å². The summed E-state index contributed by atoms with van der Waals surface area (Å²) >= 11 is 0. The van der Waals surface area contributed by atoms with Crippen molar-refractivity contribution in [3.63, 3.8) is 0 Å². The van der Waals surface area contributed by atoms with Crippen LogP contribution < -0.4 is 15.4 Å². The predicted molar refractivity (Wildman–Crippen MR) is 103 cm³/mol. The predicted octanol–water partition coefficient (Wildman–Crippen LogP) is 2.21. The Kier molecular flexibility index (Phi) is 6.99. The fraction of sp³-hybridized carbons (Fsp3) is 0.300. The SMILES string of the molecule is CCOc1ccc(-c2noc(CCC(=O)NCCNC(=O)c3ccco3)n2)cc1. The van der Waals surface area contributed by atoms with E-state index in [1.54, 1.807) is 12.1 Å². The molecule has 29 heavy (non-hydrogen) atoms. The van der Waals surface area contributed by atoms with Crippen molar-refractivity contribution in [3.05, 3.63) is 54.3 Å². The van der Waals surface area contributed by atoms with E-state index in [0.717, 1.165) is 11.3 Å². The van der Waals surface area contributed by atoms with E-state index in [-0.39, 0.29) is 24.0 Å². The summed E-state index contributed by atoms with van der Waals surface area (Å²) in [5.41, 5.74) is 0.806. The minimum atomic E-state index is -0.322. The lowest BCUT2D eigenvalue weighted by Crippen LogP contribution is -2.34. The molecule has 0 aliphatic rings. The largest absolute Gasteiger partial charge is 0.494 e. The third-order valence-corrected chi connectivity index (χ3v) is 3.94. The van der Waals surface area contributed by atoms with Crippen molar-refractivity contribution >= 4 is 11.8 Å². The zero-order chi connectivity index (χ0) is 20.5. The Morgan fingerprint density at radius 3 is 2.62 bits per heavy atom. The van der Waals surface area contributed by atoms with Crippen LogP contribution in [0.15, 0.2) is 51.6 Å². The fourth-order valence-electron chi connectivity index (χ4n) is 2.52. The first kappa shape index (κ1) is 20.1. The second-order valence-electron chi connectivity index (χ2n) is 6.05. The maximum Gasteiger partial charge on any atom is 0.287 e. The number of hydrogen-bond donors (Lipinski definition) is 2. The zero-order valence-electron chi connectivity index (χ0n) is 16.0. The van der Waals surface area contributed by atoms with Crippen molar-refractivity contribution in [3.8, 4) is 17.1 Å². The monoisotopic (exact) mass is 398 g/mol. The molecule has 0 spiro atoms. The highest BCUT2D eigenvalue weighted by molar-refractivity contribution is 5.91. The van der Waals surface area contributed by atoms with Crippen molar-refractivity contribution in [2.75, 3.05) is 19.7 Å². The van der Waals surface area contributed by atoms with Gasteiger partial charge in [0.05, 0.1) is 12.9 Å². The van der Waals surface area contributed by atoms with E-state index < -0.39 is 0 Å². The minimum absolute atomic E-state index is 0.168. The van der Waals surface area contributed by atoms with Gasteiger partial charge in [0.25, 0.3) is 5.91 Å². The second-order valence-corrected chi connectivity index (χ2v) is 6.05. The average Bonchev–Trinajstić information content (AvgIpc) is 3.42. The van der Waals surface area contributed by atoms with Crippen LogP contribution in [0.1, 0.15) is 29.8 Å². The van der Waals surface area contributed by atoms with Crippen molar-refractivity contribution < 1.29 is 23.3 Å². The number of hydrogen-bond acceptors (Lipinski definition) is 7. The van der Waals surface area contributed by atoms with Crippen LogP contribution in [0.3, 0.4) is 0 Å². The van der Waals surface area contributed by atoms with Gasteiger partial charge < -0.3 is 24.3 Å². The molecule has 2 aromatic heterocycles. The van der Waals surface area contributed by atoms with Crippen molar-refractivity contribution in [1.29, 1.82) is 0 Å². The molecule has 0 bridgehead atoms. The molecular formula is C20H22N4O5. The minimum Gasteiger partial charge on any atom is -0.494 e. The lowest BCUT2D eigenvalue weighted by Gasteiger charge is -2.05. The van der Waals surface area contributed by atoms with Crippen LogP contribution in [-0.2, 0) is 11.2 Å². The van der Waals surface area contributed by atoms with Gasteiger partial charge in [0, 0.05) is 31.5 Å². The van der Waals surface area contributed by atoms with E-state index in [0.29, 0.717) is 37.8 Å². The molecule has 0 atom stereocenters. The number of nitrogens with zero attached hydrogens (tertiary/aromatic N) is 2. The lowest BCUT2D eigenvalue weighted by molar-refractivity contribution is -0.121. The maximum absolute atomic E-state index is 11.9. The lowest BCUT2D eigenvalue weighted by atomic mass is 10.2. The number of nitrogens with one attached hydrogen (secondary N) is 2. The highest BCUT2D eigenvalue weighted by atomic mass is 16.5. The third kappa shape index (κ3) is 5.93. The standard InChI is InChI=1S/C20H22N4O5/c1-2-27-15-7-5-14(6-8-15)19-23-18(29-24-19)10-9-17(25)21-11-12-22-20(26)16-4-3-13-28-16/h3-8,13H,2,9-12H2,1H3,(H,21,25)(H,22,26). The van der Waals surface area contributed by atoms with Gasteiger partial charge in [-0.25, -0.2) is 0 Å². The number of carbonyl (C=O) groups is 2. The van der Waals surface area contributed by atoms with Crippen LogP contribution in [0.4, 0.5) is 0 Å². The van der Waals surface area contributed by atoms with Crippen LogP contribution in [0, 0.1) is 0 Å². The van der Waals surface area contributed by atoms with E-state index in [9.17, 15) is 9.59 Å². The first-order valence-corrected chi connectivity index (χ1v) is 9.30. The van der Waals surface area contributed by atoms with Crippen LogP contribution in [-0.4, -0.2) is 41.7 Å². The van der Waals surface area contributed by atoms with Gasteiger partial charge in [-0.05, 0) is 43.3 Å². The molecule has 3 aromatic rings. The molecule has 0 fully saturated rings. The first-order valence-electron chi connectivity index (χ1n) is 9.30. The van der Waals surface area contributed by atoms with E-state index in [2.05, 4.69) is 20.8 Å². The summed E-state index contributed by atoms with van der Waals surface area (Å²) in [7, 11) is 0. The molecule has 0 saturated carbocycles. The summed E-state index contributed by atoms with van der Waals surface area (Å²) in [5.74, 6) is 1.36. The number of amides is 2. The Labute approximate surface area is 167 Å². The normalized spacial score (nSPS) is 10.5. The number of aryl methyl sites for hydroxylation is 1. The van der Waals surface area contributed by atoms with Gasteiger partial charge in [0.15, 0.2) is 5.76 Å². The Morgan fingerprint density at radius 2 is 1.90 bits per heavy atom. The number of carbonyl (C=O) groups excluding carboxylic acids is 2. The number of ether oxygens (including phenoxy) is 1. The Hall–Kier alpha value is -3.62. The molecule has 2 N–H and O–H groups in total. The van der Waals surface area contributed by atoms with Crippen molar-refractivity contribution in [2.45, 2.75) is 19.8 Å².